The summed E-state index contributed by atoms with van der Waals surface area (Å²) in [5.41, 5.74) is 3.36. The van der Waals surface area contributed by atoms with E-state index in [4.69, 9.17) is 4.98 Å². The monoisotopic (exact) mass is 457 g/mol. The molecule has 168 valence electrons. The smallest absolute Gasteiger partial charge is 0.262 e. The molecule has 6 heteroatoms. The average Bonchev–Trinajstić information content (AvgIpc) is 2.84. The number of hydrogen-bond donors (Lipinski definition) is 1. The van der Waals surface area contributed by atoms with Crippen LogP contribution in [0.5, 0.6) is 0 Å². The zero-order chi connectivity index (χ0) is 23.2. The van der Waals surface area contributed by atoms with Gasteiger partial charge in [0.2, 0.25) is 5.91 Å². The van der Waals surface area contributed by atoms with Gasteiger partial charge in [-0.15, -0.1) is 0 Å². The summed E-state index contributed by atoms with van der Waals surface area (Å²) in [6, 6.07) is 25.1. The third-order valence-corrected chi connectivity index (χ3v) is 6.57. The SMILES string of the molecule is CCCCn1c(SC(C)C(=O)Nc2ccccc2-c2ccccc2)nc2ccccc2c1=O. The van der Waals surface area contributed by atoms with E-state index >= 15 is 0 Å². The maximum absolute atomic E-state index is 13.1. The Bertz CT molecular complexity index is 1320. The van der Waals surface area contributed by atoms with Crippen LogP contribution in [0.15, 0.2) is 88.8 Å². The van der Waals surface area contributed by atoms with Gasteiger partial charge in [-0.2, -0.15) is 0 Å². The van der Waals surface area contributed by atoms with Crippen LogP contribution in [-0.2, 0) is 11.3 Å². The Kier molecular flexibility index (Phi) is 7.25. The molecule has 0 bridgehead atoms. The molecule has 1 aromatic heterocycles. The zero-order valence-electron chi connectivity index (χ0n) is 18.8. The minimum absolute atomic E-state index is 0.0569. The fraction of sp³-hybridized carbons (Fsp3) is 0.222. The van der Waals surface area contributed by atoms with Gasteiger partial charge in [0.15, 0.2) is 5.16 Å². The molecule has 5 nitrogen and oxygen atoms in total. The molecule has 1 amide bonds. The molecule has 0 spiro atoms. The molecule has 0 aliphatic carbocycles. The summed E-state index contributed by atoms with van der Waals surface area (Å²) in [5, 5.41) is 3.81. The highest BCUT2D eigenvalue weighted by molar-refractivity contribution is 8.00. The van der Waals surface area contributed by atoms with Crippen molar-refractivity contribution in [2.45, 2.75) is 43.6 Å². The van der Waals surface area contributed by atoms with Crippen LogP contribution in [-0.4, -0.2) is 20.7 Å². The number of hydrogen-bond acceptors (Lipinski definition) is 4. The van der Waals surface area contributed by atoms with E-state index in [1.165, 1.54) is 11.8 Å². The predicted molar refractivity (Wildman–Crippen MR) is 137 cm³/mol. The van der Waals surface area contributed by atoms with Gasteiger partial charge in [0.1, 0.15) is 0 Å². The highest BCUT2D eigenvalue weighted by Gasteiger charge is 2.20. The van der Waals surface area contributed by atoms with E-state index < -0.39 is 5.25 Å². The van der Waals surface area contributed by atoms with Gasteiger partial charge in [-0.3, -0.25) is 14.2 Å². The number of carbonyl (C=O) groups excluding carboxylic acids is 1. The van der Waals surface area contributed by atoms with Crippen molar-refractivity contribution in [1.29, 1.82) is 0 Å². The fourth-order valence-corrected chi connectivity index (χ4v) is 4.59. The number of aromatic nitrogens is 2. The van der Waals surface area contributed by atoms with Crippen molar-refractivity contribution < 1.29 is 4.79 Å². The highest BCUT2D eigenvalue weighted by Crippen LogP contribution is 2.29. The van der Waals surface area contributed by atoms with Crippen LogP contribution in [0.2, 0.25) is 0 Å². The first-order valence-corrected chi connectivity index (χ1v) is 12.1. The summed E-state index contributed by atoms with van der Waals surface area (Å²) in [6.07, 6.45) is 1.84. The van der Waals surface area contributed by atoms with Gasteiger partial charge >= 0.3 is 0 Å². The molecular formula is C27H27N3O2S. The second-order valence-electron chi connectivity index (χ2n) is 7.88. The van der Waals surface area contributed by atoms with Crippen molar-refractivity contribution in [1.82, 2.24) is 9.55 Å². The molecule has 1 N–H and O–H groups in total. The van der Waals surface area contributed by atoms with E-state index in [2.05, 4.69) is 12.2 Å². The summed E-state index contributed by atoms with van der Waals surface area (Å²) in [7, 11) is 0. The lowest BCUT2D eigenvalue weighted by atomic mass is 10.0. The van der Waals surface area contributed by atoms with E-state index in [9.17, 15) is 9.59 Å². The Hall–Kier alpha value is -3.38. The molecule has 4 aromatic rings. The molecule has 1 heterocycles. The highest BCUT2D eigenvalue weighted by atomic mass is 32.2. The first-order valence-electron chi connectivity index (χ1n) is 11.2. The Morgan fingerprint density at radius 1 is 1.00 bits per heavy atom. The second kappa shape index (κ2) is 10.5. The molecular weight excluding hydrogens is 430 g/mol. The number of thioether (sulfide) groups is 1. The van der Waals surface area contributed by atoms with Gasteiger partial charge in [0, 0.05) is 17.8 Å². The van der Waals surface area contributed by atoms with Gasteiger partial charge in [-0.25, -0.2) is 4.98 Å². The first-order chi connectivity index (χ1) is 16.1. The Morgan fingerprint density at radius 2 is 1.70 bits per heavy atom. The minimum atomic E-state index is -0.435. The van der Waals surface area contributed by atoms with Gasteiger partial charge < -0.3 is 5.32 Å². The fourth-order valence-electron chi connectivity index (χ4n) is 3.66. The number of unbranched alkanes of at least 4 members (excludes halogenated alkanes) is 1. The third kappa shape index (κ3) is 5.17. The minimum Gasteiger partial charge on any atom is -0.325 e. The van der Waals surface area contributed by atoms with Crippen molar-refractivity contribution in [3.05, 3.63) is 89.2 Å². The summed E-state index contributed by atoms with van der Waals surface area (Å²) < 4.78 is 1.71. The molecule has 0 aliphatic heterocycles. The van der Waals surface area contributed by atoms with Crippen LogP contribution in [0.4, 0.5) is 5.69 Å². The Labute approximate surface area is 197 Å². The van der Waals surface area contributed by atoms with E-state index in [0.29, 0.717) is 22.6 Å². The molecule has 0 aliphatic rings. The van der Waals surface area contributed by atoms with Crippen LogP contribution in [0.3, 0.4) is 0 Å². The Morgan fingerprint density at radius 3 is 2.48 bits per heavy atom. The molecule has 3 aromatic carbocycles. The van der Waals surface area contributed by atoms with Crippen molar-refractivity contribution in [2.24, 2.45) is 0 Å². The summed E-state index contributed by atoms with van der Waals surface area (Å²) in [5.74, 6) is -0.132. The molecule has 1 atom stereocenters. The van der Waals surface area contributed by atoms with Crippen molar-refractivity contribution in [3.63, 3.8) is 0 Å². The lowest BCUT2D eigenvalue weighted by molar-refractivity contribution is -0.115. The topological polar surface area (TPSA) is 64.0 Å². The van der Waals surface area contributed by atoms with E-state index in [1.807, 2.05) is 79.7 Å². The maximum atomic E-state index is 13.1. The van der Waals surface area contributed by atoms with E-state index in [0.717, 1.165) is 29.7 Å². The normalized spacial score (nSPS) is 11.9. The second-order valence-corrected chi connectivity index (χ2v) is 9.19. The molecule has 0 saturated heterocycles. The lowest BCUT2D eigenvalue weighted by Crippen LogP contribution is -2.27. The number of nitrogens with zero attached hydrogens (tertiary/aromatic N) is 2. The average molecular weight is 458 g/mol. The Balaban J connectivity index is 1.60. The van der Waals surface area contributed by atoms with Gasteiger partial charge in [-0.1, -0.05) is 85.8 Å². The maximum Gasteiger partial charge on any atom is 0.262 e. The number of amides is 1. The quantitative estimate of drug-likeness (QED) is 0.261. The number of rotatable bonds is 8. The zero-order valence-corrected chi connectivity index (χ0v) is 19.6. The largest absolute Gasteiger partial charge is 0.325 e. The van der Waals surface area contributed by atoms with Crippen LogP contribution < -0.4 is 10.9 Å². The molecule has 0 fully saturated rings. The number of anilines is 1. The van der Waals surface area contributed by atoms with Gasteiger partial charge in [0.05, 0.1) is 16.2 Å². The molecule has 33 heavy (non-hydrogen) atoms. The number of nitrogens with one attached hydrogen (secondary N) is 1. The van der Waals surface area contributed by atoms with Crippen LogP contribution in [0.1, 0.15) is 26.7 Å². The third-order valence-electron chi connectivity index (χ3n) is 5.48. The molecule has 1 unspecified atom stereocenters. The van der Waals surface area contributed by atoms with Crippen LogP contribution in [0.25, 0.3) is 22.0 Å². The predicted octanol–water partition coefficient (Wildman–Crippen LogP) is 5.98. The van der Waals surface area contributed by atoms with Crippen molar-refractivity contribution >= 4 is 34.3 Å². The van der Waals surface area contributed by atoms with E-state index in [-0.39, 0.29) is 11.5 Å². The lowest BCUT2D eigenvalue weighted by Gasteiger charge is -2.17. The van der Waals surface area contributed by atoms with Crippen LogP contribution >= 0.6 is 11.8 Å². The number of para-hydroxylation sites is 2. The molecule has 0 radical (unpaired) electrons. The van der Waals surface area contributed by atoms with Crippen LogP contribution in [0, 0.1) is 0 Å². The van der Waals surface area contributed by atoms with Crippen molar-refractivity contribution in [3.8, 4) is 11.1 Å². The van der Waals surface area contributed by atoms with Gasteiger partial charge in [-0.05, 0) is 37.1 Å². The number of fused-ring (bicyclic) bond motifs is 1. The summed E-state index contributed by atoms with van der Waals surface area (Å²) in [6.45, 7) is 4.52. The number of carbonyl (C=O) groups is 1. The standard InChI is InChI=1S/C27H27N3O2S/c1-3-4-18-30-26(32)22-15-9-11-17-24(22)29-27(30)33-19(2)25(31)28-23-16-10-8-14-21(23)20-12-6-5-7-13-20/h5-17,19H,3-4,18H2,1-2H3,(H,28,31). The molecule has 4 rings (SSSR count). The van der Waals surface area contributed by atoms with Gasteiger partial charge in [0.25, 0.3) is 5.56 Å². The molecule has 0 saturated carbocycles. The van der Waals surface area contributed by atoms with E-state index in [1.54, 1.807) is 10.6 Å². The summed E-state index contributed by atoms with van der Waals surface area (Å²) >= 11 is 1.32. The summed E-state index contributed by atoms with van der Waals surface area (Å²) in [4.78, 5) is 31.0. The first kappa shape index (κ1) is 22.8. The van der Waals surface area contributed by atoms with Crippen molar-refractivity contribution in [2.75, 3.05) is 5.32 Å². The number of benzene rings is 3.